The second-order valence-corrected chi connectivity index (χ2v) is 7.34. The largest absolute Gasteiger partial charge is 0.496 e. The normalized spacial score (nSPS) is 11.9. The van der Waals surface area contributed by atoms with Gasteiger partial charge in [-0.05, 0) is 42.7 Å². The van der Waals surface area contributed by atoms with E-state index in [9.17, 15) is 9.18 Å². The first-order valence-electron chi connectivity index (χ1n) is 8.40. The van der Waals surface area contributed by atoms with Crippen LogP contribution < -0.4 is 10.1 Å². The van der Waals surface area contributed by atoms with E-state index < -0.39 is 0 Å². The Morgan fingerprint density at radius 1 is 1.35 bits per heavy atom. The third-order valence-corrected chi connectivity index (χ3v) is 5.42. The van der Waals surface area contributed by atoms with Crippen molar-refractivity contribution in [3.63, 3.8) is 0 Å². The minimum atomic E-state index is -0.342. The summed E-state index contributed by atoms with van der Waals surface area (Å²) in [5.74, 6) is 1.01. The molecule has 0 aliphatic heterocycles. The molecule has 1 atom stereocenters. The number of hydrogen-bond donors (Lipinski definition) is 1. The molecule has 0 unspecified atom stereocenters. The van der Waals surface area contributed by atoms with Gasteiger partial charge in [-0.3, -0.25) is 4.79 Å². The minimum Gasteiger partial charge on any atom is -0.496 e. The molecule has 26 heavy (non-hydrogen) atoms. The molecule has 0 radical (unpaired) electrons. The van der Waals surface area contributed by atoms with Gasteiger partial charge in [-0.2, -0.15) is 0 Å². The van der Waals surface area contributed by atoms with Crippen molar-refractivity contribution in [3.05, 3.63) is 63.9 Å². The number of hydrogen-bond acceptors (Lipinski definition) is 3. The third kappa shape index (κ3) is 5.39. The molecule has 0 saturated heterocycles. The van der Waals surface area contributed by atoms with Gasteiger partial charge in [0.15, 0.2) is 0 Å². The number of methoxy groups -OCH3 is 1. The van der Waals surface area contributed by atoms with Crippen molar-refractivity contribution in [2.24, 2.45) is 0 Å². The Labute approximate surface area is 163 Å². The highest BCUT2D eigenvalue weighted by atomic mass is 35.5. The van der Waals surface area contributed by atoms with Crippen molar-refractivity contribution in [2.75, 3.05) is 12.9 Å². The zero-order valence-electron chi connectivity index (χ0n) is 15.1. The van der Waals surface area contributed by atoms with Gasteiger partial charge < -0.3 is 10.1 Å². The first-order valence-corrected chi connectivity index (χ1v) is 9.94. The van der Waals surface area contributed by atoms with Crippen molar-refractivity contribution < 1.29 is 13.9 Å². The van der Waals surface area contributed by atoms with Gasteiger partial charge in [0.1, 0.15) is 11.6 Å². The second kappa shape index (κ2) is 9.83. The molecule has 3 nitrogen and oxygen atoms in total. The standard InChI is InChI=1S/C20H23ClFNO2S/c1-4-18(14-8-9-19(25-3)13(2)10-14)23-20(24)12-26-11-15-16(21)6-5-7-17(15)22/h5-10,18H,4,11-12H2,1-3H3,(H,23,24)/t18-/m1/s1. The summed E-state index contributed by atoms with van der Waals surface area (Å²) in [6, 6.07) is 10.4. The van der Waals surface area contributed by atoms with Crippen LogP contribution >= 0.6 is 23.4 Å². The van der Waals surface area contributed by atoms with E-state index in [2.05, 4.69) is 5.32 Å². The van der Waals surface area contributed by atoms with Crippen LogP contribution in [0.15, 0.2) is 36.4 Å². The van der Waals surface area contributed by atoms with Crippen molar-refractivity contribution in [1.29, 1.82) is 0 Å². The van der Waals surface area contributed by atoms with Crippen LogP contribution in [0, 0.1) is 12.7 Å². The molecule has 1 amide bonds. The molecule has 0 aliphatic rings. The molecule has 0 aromatic heterocycles. The summed E-state index contributed by atoms with van der Waals surface area (Å²) < 4.78 is 19.0. The fourth-order valence-corrected chi connectivity index (χ4v) is 3.87. The summed E-state index contributed by atoms with van der Waals surface area (Å²) in [5.41, 5.74) is 2.51. The zero-order chi connectivity index (χ0) is 19.1. The maximum absolute atomic E-state index is 13.8. The SMILES string of the molecule is CC[C@@H](NC(=O)CSCc1c(F)cccc1Cl)c1ccc(OC)c(C)c1. The highest BCUT2D eigenvalue weighted by Gasteiger charge is 2.15. The van der Waals surface area contributed by atoms with Crippen LogP contribution in [0.4, 0.5) is 4.39 Å². The van der Waals surface area contributed by atoms with E-state index in [1.807, 2.05) is 32.0 Å². The summed E-state index contributed by atoms with van der Waals surface area (Å²) in [5, 5.41) is 3.42. The van der Waals surface area contributed by atoms with Crippen molar-refractivity contribution in [3.8, 4) is 5.75 Å². The molecule has 0 saturated carbocycles. The Bertz CT molecular complexity index is 749. The Kier molecular flexibility index (Phi) is 7.79. The molecule has 0 aliphatic carbocycles. The topological polar surface area (TPSA) is 38.3 Å². The van der Waals surface area contributed by atoms with E-state index in [1.165, 1.54) is 17.8 Å². The molecular formula is C20H23ClFNO2S. The summed E-state index contributed by atoms with van der Waals surface area (Å²) in [4.78, 5) is 12.3. The number of rotatable bonds is 8. The van der Waals surface area contributed by atoms with E-state index in [0.717, 1.165) is 23.3 Å². The lowest BCUT2D eigenvalue weighted by molar-refractivity contribution is -0.119. The highest BCUT2D eigenvalue weighted by molar-refractivity contribution is 7.99. The van der Waals surface area contributed by atoms with Gasteiger partial charge in [-0.25, -0.2) is 4.39 Å². The average Bonchev–Trinajstić information content (AvgIpc) is 2.62. The minimum absolute atomic E-state index is 0.0650. The van der Waals surface area contributed by atoms with Crippen molar-refractivity contribution in [2.45, 2.75) is 32.1 Å². The lowest BCUT2D eigenvalue weighted by atomic mass is 10.0. The maximum Gasteiger partial charge on any atom is 0.230 e. The smallest absolute Gasteiger partial charge is 0.230 e. The fraction of sp³-hybridized carbons (Fsp3) is 0.350. The van der Waals surface area contributed by atoms with E-state index in [-0.39, 0.29) is 23.5 Å². The number of carbonyl (C=O) groups is 1. The van der Waals surface area contributed by atoms with Crippen LogP contribution in [0.3, 0.4) is 0 Å². The van der Waals surface area contributed by atoms with E-state index in [4.69, 9.17) is 16.3 Å². The molecule has 6 heteroatoms. The predicted molar refractivity (Wildman–Crippen MR) is 106 cm³/mol. The molecule has 2 aromatic rings. The molecule has 0 bridgehead atoms. The lowest BCUT2D eigenvalue weighted by Crippen LogP contribution is -2.29. The van der Waals surface area contributed by atoms with E-state index >= 15 is 0 Å². The third-order valence-electron chi connectivity index (χ3n) is 4.11. The van der Waals surface area contributed by atoms with Gasteiger partial charge in [0.25, 0.3) is 0 Å². The van der Waals surface area contributed by atoms with Gasteiger partial charge in [-0.15, -0.1) is 11.8 Å². The van der Waals surface area contributed by atoms with Crippen LogP contribution in [0.1, 0.15) is 36.1 Å². The number of halogens is 2. The quantitative estimate of drug-likeness (QED) is 0.659. The van der Waals surface area contributed by atoms with Gasteiger partial charge in [-0.1, -0.05) is 36.7 Å². The number of thioether (sulfide) groups is 1. The first-order chi connectivity index (χ1) is 12.5. The van der Waals surface area contributed by atoms with Crippen LogP contribution in [-0.2, 0) is 10.5 Å². The van der Waals surface area contributed by atoms with Crippen LogP contribution in [-0.4, -0.2) is 18.8 Å². The number of amides is 1. The monoisotopic (exact) mass is 395 g/mol. The summed E-state index contributed by atoms with van der Waals surface area (Å²) >= 11 is 7.35. The fourth-order valence-electron chi connectivity index (χ4n) is 2.69. The zero-order valence-corrected chi connectivity index (χ0v) is 16.7. The van der Waals surface area contributed by atoms with Gasteiger partial charge in [0, 0.05) is 16.3 Å². The van der Waals surface area contributed by atoms with Gasteiger partial charge in [0.05, 0.1) is 18.9 Å². The van der Waals surface area contributed by atoms with Gasteiger partial charge in [0.2, 0.25) is 5.91 Å². The van der Waals surface area contributed by atoms with Crippen molar-refractivity contribution >= 4 is 29.3 Å². The van der Waals surface area contributed by atoms with E-state index in [0.29, 0.717) is 16.3 Å². The summed E-state index contributed by atoms with van der Waals surface area (Å²) in [7, 11) is 1.64. The molecule has 0 heterocycles. The molecule has 140 valence electrons. The molecule has 0 spiro atoms. The summed E-state index contributed by atoms with van der Waals surface area (Å²) in [6.45, 7) is 4.00. The Hall–Kier alpha value is -1.72. The van der Waals surface area contributed by atoms with E-state index in [1.54, 1.807) is 19.2 Å². The van der Waals surface area contributed by atoms with Crippen LogP contribution in [0.25, 0.3) is 0 Å². The number of carbonyl (C=O) groups excluding carboxylic acids is 1. The Morgan fingerprint density at radius 3 is 2.73 bits per heavy atom. The maximum atomic E-state index is 13.8. The predicted octanol–water partition coefficient (Wildman–Crippen LogP) is 5.30. The highest BCUT2D eigenvalue weighted by Crippen LogP contribution is 2.26. The van der Waals surface area contributed by atoms with Gasteiger partial charge >= 0.3 is 0 Å². The number of benzene rings is 2. The molecule has 2 aromatic carbocycles. The van der Waals surface area contributed by atoms with Crippen LogP contribution in [0.2, 0.25) is 5.02 Å². The summed E-state index contributed by atoms with van der Waals surface area (Å²) in [6.07, 6.45) is 0.779. The molecule has 1 N–H and O–H groups in total. The number of ether oxygens (including phenoxy) is 1. The average molecular weight is 396 g/mol. The number of aryl methyl sites for hydroxylation is 1. The number of nitrogens with one attached hydrogen (secondary N) is 1. The Balaban J connectivity index is 1.92. The Morgan fingerprint density at radius 2 is 2.12 bits per heavy atom. The van der Waals surface area contributed by atoms with Crippen molar-refractivity contribution in [1.82, 2.24) is 5.32 Å². The lowest BCUT2D eigenvalue weighted by Gasteiger charge is -2.19. The molecule has 0 fully saturated rings. The molecular weight excluding hydrogens is 373 g/mol. The second-order valence-electron chi connectivity index (χ2n) is 5.95. The first kappa shape index (κ1) is 20.6. The van der Waals surface area contributed by atoms with Crippen LogP contribution in [0.5, 0.6) is 5.75 Å². The molecule has 2 rings (SSSR count).